The van der Waals surface area contributed by atoms with Crippen LogP contribution in [0.15, 0.2) is 29.2 Å². The number of hydrogen-bond donors (Lipinski definition) is 1. The number of nitrogens with zero attached hydrogens (tertiary/aromatic N) is 1. The summed E-state index contributed by atoms with van der Waals surface area (Å²) in [6, 6.07) is 6.10. The van der Waals surface area contributed by atoms with Crippen molar-refractivity contribution in [3.8, 4) is 0 Å². The summed E-state index contributed by atoms with van der Waals surface area (Å²) >= 11 is 0. The summed E-state index contributed by atoms with van der Waals surface area (Å²) < 4.78 is 58.1. The molecule has 7 nitrogen and oxygen atoms in total. The zero-order valence-corrected chi connectivity index (χ0v) is 15.7. The van der Waals surface area contributed by atoms with Crippen LogP contribution in [-0.2, 0) is 31.2 Å². The first-order valence-electron chi connectivity index (χ1n) is 7.75. The Morgan fingerprint density at radius 3 is 2.29 bits per heavy atom. The Morgan fingerprint density at radius 1 is 1.12 bits per heavy atom. The fraction of sp³-hybridized carbons (Fsp3) is 0.600. The molecule has 0 spiro atoms. The molecule has 136 valence electrons. The van der Waals surface area contributed by atoms with E-state index in [1.54, 1.807) is 24.3 Å². The quantitative estimate of drug-likeness (QED) is 0.745. The average molecular weight is 377 g/mol. The molecular formula is C15H24N2O5S2. The molecule has 0 radical (unpaired) electrons. The fourth-order valence-corrected chi connectivity index (χ4v) is 4.94. The van der Waals surface area contributed by atoms with Crippen molar-refractivity contribution in [3.05, 3.63) is 29.8 Å². The molecule has 0 aromatic heterocycles. The van der Waals surface area contributed by atoms with E-state index in [4.69, 9.17) is 4.74 Å². The van der Waals surface area contributed by atoms with Crippen LogP contribution in [0.5, 0.6) is 0 Å². The first-order valence-corrected chi connectivity index (χ1v) is 10.8. The van der Waals surface area contributed by atoms with Gasteiger partial charge < -0.3 is 4.74 Å². The average Bonchev–Trinajstić information content (AvgIpc) is 2.92. The standard InChI is InChI=1S/C15H24N2O5S2/c1-4-12-5-7-14(8-6-12)24(20,21)16-15-10-22-9-13(15)11-23(18,19)17(2)3/h5-8,13,15-16H,4,9-11H2,1-3H3/t13-,15+/m0/s1. The highest BCUT2D eigenvalue weighted by Gasteiger charge is 2.35. The third-order valence-corrected chi connectivity index (χ3v) is 7.60. The van der Waals surface area contributed by atoms with Crippen molar-refractivity contribution in [1.82, 2.24) is 9.03 Å². The van der Waals surface area contributed by atoms with Crippen molar-refractivity contribution in [2.24, 2.45) is 5.92 Å². The van der Waals surface area contributed by atoms with Gasteiger partial charge in [0, 0.05) is 20.0 Å². The number of ether oxygens (including phenoxy) is 1. The van der Waals surface area contributed by atoms with E-state index in [-0.39, 0.29) is 23.9 Å². The predicted octanol–water partition coefficient (Wildman–Crippen LogP) is 0.434. The highest BCUT2D eigenvalue weighted by molar-refractivity contribution is 7.89. The Labute approximate surface area is 144 Å². The van der Waals surface area contributed by atoms with Crippen molar-refractivity contribution in [1.29, 1.82) is 0 Å². The Morgan fingerprint density at radius 2 is 1.75 bits per heavy atom. The number of benzene rings is 1. The van der Waals surface area contributed by atoms with Gasteiger partial charge >= 0.3 is 0 Å². The molecule has 9 heteroatoms. The molecule has 0 bridgehead atoms. The maximum atomic E-state index is 12.5. The highest BCUT2D eigenvalue weighted by atomic mass is 32.2. The van der Waals surface area contributed by atoms with Gasteiger partial charge in [-0.2, -0.15) is 0 Å². The molecule has 1 saturated heterocycles. The number of aryl methyl sites for hydroxylation is 1. The molecule has 0 aliphatic carbocycles. The van der Waals surface area contributed by atoms with E-state index in [1.165, 1.54) is 14.1 Å². The first kappa shape index (κ1) is 19.3. The van der Waals surface area contributed by atoms with Crippen molar-refractivity contribution < 1.29 is 21.6 Å². The molecule has 1 aliphatic rings. The summed E-state index contributed by atoms with van der Waals surface area (Å²) in [4.78, 5) is 0.167. The van der Waals surface area contributed by atoms with Gasteiger partial charge in [-0.1, -0.05) is 19.1 Å². The Hall–Kier alpha value is -1.00. The van der Waals surface area contributed by atoms with Crippen molar-refractivity contribution >= 4 is 20.0 Å². The molecule has 1 aromatic rings. The van der Waals surface area contributed by atoms with Crippen LogP contribution in [0.25, 0.3) is 0 Å². The maximum Gasteiger partial charge on any atom is 0.240 e. The van der Waals surface area contributed by atoms with Gasteiger partial charge in [0.15, 0.2) is 0 Å². The third-order valence-electron chi connectivity index (χ3n) is 4.13. The van der Waals surface area contributed by atoms with Gasteiger partial charge in [0.25, 0.3) is 0 Å². The van der Waals surface area contributed by atoms with Gasteiger partial charge in [-0.25, -0.2) is 25.9 Å². The van der Waals surface area contributed by atoms with Crippen LogP contribution in [0.2, 0.25) is 0 Å². The van der Waals surface area contributed by atoms with Crippen LogP contribution in [0.1, 0.15) is 12.5 Å². The monoisotopic (exact) mass is 376 g/mol. The van der Waals surface area contributed by atoms with Gasteiger partial charge in [-0.05, 0) is 24.1 Å². The van der Waals surface area contributed by atoms with Crippen molar-refractivity contribution in [2.75, 3.05) is 33.1 Å². The minimum Gasteiger partial charge on any atom is -0.379 e. The van der Waals surface area contributed by atoms with Crippen LogP contribution >= 0.6 is 0 Å². The Bertz CT molecular complexity index is 758. The van der Waals surface area contributed by atoms with Gasteiger partial charge in [0.05, 0.1) is 29.9 Å². The SMILES string of the molecule is CCc1ccc(S(=O)(=O)N[C@@H]2COC[C@H]2CS(=O)(=O)N(C)C)cc1. The molecule has 2 atom stereocenters. The molecule has 2 rings (SSSR count). The first-order chi connectivity index (χ1) is 11.2. The topological polar surface area (TPSA) is 92.8 Å². The van der Waals surface area contributed by atoms with E-state index in [0.717, 1.165) is 16.3 Å². The number of hydrogen-bond acceptors (Lipinski definition) is 5. The zero-order chi connectivity index (χ0) is 18.0. The van der Waals surface area contributed by atoms with E-state index >= 15 is 0 Å². The Kier molecular flexibility index (Phi) is 6.03. The second-order valence-corrected chi connectivity index (χ2v) is 10.0. The van der Waals surface area contributed by atoms with Gasteiger partial charge in [-0.15, -0.1) is 0 Å². The van der Waals surface area contributed by atoms with Gasteiger partial charge in [0.2, 0.25) is 20.0 Å². The smallest absolute Gasteiger partial charge is 0.240 e. The molecule has 0 saturated carbocycles. The summed E-state index contributed by atoms with van der Waals surface area (Å²) in [5.74, 6) is -0.566. The fourth-order valence-electron chi connectivity index (χ4n) is 2.48. The molecule has 1 aromatic carbocycles. The number of rotatable bonds is 7. The van der Waals surface area contributed by atoms with Crippen LogP contribution in [0.3, 0.4) is 0 Å². The number of sulfonamides is 2. The summed E-state index contributed by atoms with van der Waals surface area (Å²) in [5, 5.41) is 0. The van der Waals surface area contributed by atoms with Crippen LogP contribution in [0, 0.1) is 5.92 Å². The summed E-state index contributed by atoms with van der Waals surface area (Å²) in [5.41, 5.74) is 1.05. The van der Waals surface area contributed by atoms with E-state index < -0.39 is 32.0 Å². The maximum absolute atomic E-state index is 12.5. The van der Waals surface area contributed by atoms with Crippen molar-refractivity contribution in [3.63, 3.8) is 0 Å². The minimum absolute atomic E-state index is 0.151. The molecule has 1 N–H and O–H groups in total. The highest BCUT2D eigenvalue weighted by Crippen LogP contribution is 2.20. The second-order valence-electron chi connectivity index (χ2n) is 6.08. The number of nitrogens with one attached hydrogen (secondary N) is 1. The lowest BCUT2D eigenvalue weighted by molar-refractivity contribution is 0.185. The van der Waals surface area contributed by atoms with E-state index in [9.17, 15) is 16.8 Å². The molecule has 0 unspecified atom stereocenters. The van der Waals surface area contributed by atoms with Gasteiger partial charge in [-0.3, -0.25) is 0 Å². The Balaban J connectivity index is 2.12. The predicted molar refractivity (Wildman–Crippen MR) is 91.7 cm³/mol. The van der Waals surface area contributed by atoms with E-state index in [0.29, 0.717) is 0 Å². The lowest BCUT2D eigenvalue weighted by Crippen LogP contribution is -2.43. The van der Waals surface area contributed by atoms with E-state index in [1.807, 2.05) is 6.92 Å². The summed E-state index contributed by atoms with van der Waals surface area (Å²) in [6.07, 6.45) is 0.828. The minimum atomic E-state index is -3.72. The normalized spacial score (nSPS) is 22.2. The molecule has 1 aliphatic heterocycles. The molecule has 0 amide bonds. The molecule has 1 heterocycles. The zero-order valence-electron chi connectivity index (χ0n) is 14.1. The lowest BCUT2D eigenvalue weighted by atomic mass is 10.1. The van der Waals surface area contributed by atoms with Crippen LogP contribution < -0.4 is 4.72 Å². The largest absolute Gasteiger partial charge is 0.379 e. The summed E-state index contributed by atoms with van der Waals surface area (Å²) in [6.45, 7) is 2.38. The molecular weight excluding hydrogens is 352 g/mol. The van der Waals surface area contributed by atoms with Crippen LogP contribution in [-0.4, -0.2) is 60.2 Å². The third kappa shape index (κ3) is 4.54. The lowest BCUT2D eigenvalue weighted by Gasteiger charge is -2.21. The summed E-state index contributed by atoms with van der Waals surface area (Å²) in [7, 11) is -4.23. The second kappa shape index (κ2) is 7.49. The van der Waals surface area contributed by atoms with Crippen LogP contribution in [0.4, 0.5) is 0 Å². The van der Waals surface area contributed by atoms with Crippen molar-refractivity contribution in [2.45, 2.75) is 24.3 Å². The van der Waals surface area contributed by atoms with E-state index in [2.05, 4.69) is 4.72 Å². The van der Waals surface area contributed by atoms with Gasteiger partial charge in [0.1, 0.15) is 0 Å². The molecule has 1 fully saturated rings. The molecule has 24 heavy (non-hydrogen) atoms.